The van der Waals surface area contributed by atoms with Crippen LogP contribution < -0.4 is 0 Å². The molecule has 1 aliphatic heterocycles. The molecule has 0 spiro atoms. The molecule has 1 aromatic rings. The maximum Gasteiger partial charge on any atom is 0.371 e. The second-order valence-corrected chi connectivity index (χ2v) is 3.60. The Hall–Kier alpha value is -1.00. The fraction of sp³-hybridized carbons (Fsp3) is 0.444. The number of carbonyl (C=O) groups is 1. The summed E-state index contributed by atoms with van der Waals surface area (Å²) in [6.45, 7) is 1.22. The zero-order valence-corrected chi connectivity index (χ0v) is 8.08. The topological polar surface area (TPSA) is 59.7 Å². The van der Waals surface area contributed by atoms with Gasteiger partial charge in [0.2, 0.25) is 5.76 Å². The van der Waals surface area contributed by atoms with Gasteiger partial charge in [-0.05, 0) is 6.42 Å². The van der Waals surface area contributed by atoms with Gasteiger partial charge in [-0.1, -0.05) is 11.6 Å². The van der Waals surface area contributed by atoms with Crippen molar-refractivity contribution in [1.29, 1.82) is 0 Å². The minimum Gasteiger partial charge on any atom is -0.475 e. The summed E-state index contributed by atoms with van der Waals surface area (Å²) in [5, 5.41) is 9.05. The van der Waals surface area contributed by atoms with E-state index in [2.05, 4.69) is 0 Å². The van der Waals surface area contributed by atoms with Crippen molar-refractivity contribution in [3.8, 4) is 0 Å². The smallest absolute Gasteiger partial charge is 0.371 e. The molecule has 1 N–H and O–H groups in total. The lowest BCUT2D eigenvalue weighted by Crippen LogP contribution is -1.96. The van der Waals surface area contributed by atoms with Crippen LogP contribution in [0, 0.1) is 0 Å². The van der Waals surface area contributed by atoms with Gasteiger partial charge in [0.1, 0.15) is 5.76 Å². The molecule has 4 nitrogen and oxygen atoms in total. The van der Waals surface area contributed by atoms with E-state index in [-0.39, 0.29) is 11.7 Å². The zero-order chi connectivity index (χ0) is 10.1. The summed E-state index contributed by atoms with van der Waals surface area (Å²) < 4.78 is 10.3. The molecule has 14 heavy (non-hydrogen) atoms. The molecule has 76 valence electrons. The number of rotatable bonds is 2. The second-order valence-electron chi connectivity index (χ2n) is 3.19. The molecule has 1 aromatic heterocycles. The normalized spacial score (nSPS) is 21.4. The Kier molecular flexibility index (Phi) is 2.48. The minimum atomic E-state index is -1.10. The van der Waals surface area contributed by atoms with Gasteiger partial charge < -0.3 is 14.3 Å². The Balaban J connectivity index is 2.28. The van der Waals surface area contributed by atoms with Gasteiger partial charge in [-0.25, -0.2) is 4.79 Å². The highest BCUT2D eigenvalue weighted by Gasteiger charge is 2.25. The van der Waals surface area contributed by atoms with E-state index in [0.29, 0.717) is 24.0 Å². The molecule has 1 saturated heterocycles. The number of halogens is 1. The SMILES string of the molecule is O=C(O)c1cc(Cl)c(C2CCOC2)o1. The van der Waals surface area contributed by atoms with Gasteiger partial charge in [-0.3, -0.25) is 0 Å². The standard InChI is InChI=1S/C9H9ClO4/c10-6-3-7(9(11)12)14-8(6)5-1-2-13-4-5/h3,5H,1-2,4H2,(H,11,12). The summed E-state index contributed by atoms with van der Waals surface area (Å²) in [5.41, 5.74) is 0. The van der Waals surface area contributed by atoms with E-state index in [0.717, 1.165) is 6.42 Å². The Morgan fingerprint density at radius 2 is 2.43 bits per heavy atom. The fourth-order valence-corrected chi connectivity index (χ4v) is 1.80. The number of ether oxygens (including phenoxy) is 1. The molecule has 0 amide bonds. The third-order valence-corrected chi connectivity index (χ3v) is 2.52. The van der Waals surface area contributed by atoms with E-state index in [9.17, 15) is 4.79 Å². The van der Waals surface area contributed by atoms with Crippen LogP contribution in [0.15, 0.2) is 10.5 Å². The third kappa shape index (κ3) is 1.63. The van der Waals surface area contributed by atoms with Crippen molar-refractivity contribution in [2.24, 2.45) is 0 Å². The quantitative estimate of drug-likeness (QED) is 0.823. The Bertz CT molecular complexity index is 352. The van der Waals surface area contributed by atoms with Crippen LogP contribution >= 0.6 is 11.6 Å². The van der Waals surface area contributed by atoms with Crippen molar-refractivity contribution in [3.63, 3.8) is 0 Å². The molecule has 0 radical (unpaired) electrons. The van der Waals surface area contributed by atoms with Crippen LogP contribution in [0.1, 0.15) is 28.7 Å². The molecule has 0 saturated carbocycles. The summed E-state index contributed by atoms with van der Waals surface area (Å²) in [5.74, 6) is -0.592. The number of furan rings is 1. The molecule has 0 aromatic carbocycles. The average molecular weight is 217 g/mol. The molecular weight excluding hydrogens is 208 g/mol. The van der Waals surface area contributed by atoms with Crippen molar-refractivity contribution < 1.29 is 19.1 Å². The van der Waals surface area contributed by atoms with Gasteiger partial charge in [-0.15, -0.1) is 0 Å². The van der Waals surface area contributed by atoms with Crippen LogP contribution in [0.2, 0.25) is 5.02 Å². The Labute approximate surface area is 85.4 Å². The van der Waals surface area contributed by atoms with Crippen molar-refractivity contribution in [3.05, 3.63) is 22.6 Å². The molecule has 5 heteroatoms. The number of carboxylic acid groups (broad SMARTS) is 1. The highest BCUT2D eigenvalue weighted by Crippen LogP contribution is 2.33. The van der Waals surface area contributed by atoms with Crippen LogP contribution in [0.5, 0.6) is 0 Å². The van der Waals surface area contributed by atoms with Crippen molar-refractivity contribution >= 4 is 17.6 Å². The lowest BCUT2D eigenvalue weighted by Gasteiger charge is -2.02. The highest BCUT2D eigenvalue weighted by atomic mass is 35.5. The summed E-state index contributed by atoms with van der Waals surface area (Å²) in [4.78, 5) is 10.6. The first-order valence-electron chi connectivity index (χ1n) is 4.28. The molecule has 1 aliphatic rings. The molecule has 2 heterocycles. The maximum atomic E-state index is 10.6. The Morgan fingerprint density at radius 3 is 2.93 bits per heavy atom. The van der Waals surface area contributed by atoms with E-state index in [1.165, 1.54) is 6.07 Å². The number of hydrogen-bond donors (Lipinski definition) is 1. The second kappa shape index (κ2) is 3.63. The largest absolute Gasteiger partial charge is 0.475 e. The minimum absolute atomic E-state index is 0.0931. The Morgan fingerprint density at radius 1 is 1.64 bits per heavy atom. The first-order chi connectivity index (χ1) is 6.68. The third-order valence-electron chi connectivity index (χ3n) is 2.22. The predicted molar refractivity (Wildman–Crippen MR) is 48.9 cm³/mol. The number of hydrogen-bond acceptors (Lipinski definition) is 3. The van der Waals surface area contributed by atoms with Crippen molar-refractivity contribution in [1.82, 2.24) is 0 Å². The molecule has 1 fully saturated rings. The molecule has 1 unspecified atom stereocenters. The summed E-state index contributed by atoms with van der Waals surface area (Å²) >= 11 is 5.86. The summed E-state index contributed by atoms with van der Waals surface area (Å²) in [7, 11) is 0. The maximum absolute atomic E-state index is 10.6. The zero-order valence-electron chi connectivity index (χ0n) is 7.33. The van der Waals surface area contributed by atoms with E-state index in [1.807, 2.05) is 0 Å². The first kappa shape index (κ1) is 9.55. The molecule has 2 rings (SSSR count). The van der Waals surface area contributed by atoms with E-state index >= 15 is 0 Å². The van der Waals surface area contributed by atoms with Crippen LogP contribution in [0.25, 0.3) is 0 Å². The van der Waals surface area contributed by atoms with Crippen LogP contribution in [-0.4, -0.2) is 24.3 Å². The van der Waals surface area contributed by atoms with Gasteiger partial charge >= 0.3 is 5.97 Å². The van der Waals surface area contributed by atoms with Crippen LogP contribution in [0.4, 0.5) is 0 Å². The number of aromatic carboxylic acids is 1. The molecular formula is C9H9ClO4. The van der Waals surface area contributed by atoms with Gasteiger partial charge in [0, 0.05) is 18.6 Å². The van der Waals surface area contributed by atoms with Crippen molar-refractivity contribution in [2.75, 3.05) is 13.2 Å². The van der Waals surface area contributed by atoms with Crippen LogP contribution in [-0.2, 0) is 4.74 Å². The van der Waals surface area contributed by atoms with E-state index in [1.54, 1.807) is 0 Å². The fourth-order valence-electron chi connectivity index (χ4n) is 1.51. The van der Waals surface area contributed by atoms with Gasteiger partial charge in [0.05, 0.1) is 11.6 Å². The summed E-state index contributed by atoms with van der Waals surface area (Å²) in [6, 6.07) is 1.33. The van der Waals surface area contributed by atoms with Gasteiger partial charge in [0.15, 0.2) is 0 Å². The molecule has 0 aliphatic carbocycles. The lowest BCUT2D eigenvalue weighted by atomic mass is 10.1. The monoisotopic (exact) mass is 216 g/mol. The molecule has 0 bridgehead atoms. The van der Waals surface area contributed by atoms with Gasteiger partial charge in [0.25, 0.3) is 0 Å². The van der Waals surface area contributed by atoms with Crippen molar-refractivity contribution in [2.45, 2.75) is 12.3 Å². The average Bonchev–Trinajstić information content (AvgIpc) is 2.71. The predicted octanol–water partition coefficient (Wildman–Crippen LogP) is 2.14. The van der Waals surface area contributed by atoms with Crippen LogP contribution in [0.3, 0.4) is 0 Å². The van der Waals surface area contributed by atoms with E-state index in [4.69, 9.17) is 25.9 Å². The molecule has 1 atom stereocenters. The number of carboxylic acids is 1. The van der Waals surface area contributed by atoms with Gasteiger partial charge in [-0.2, -0.15) is 0 Å². The highest BCUT2D eigenvalue weighted by molar-refractivity contribution is 6.31. The van der Waals surface area contributed by atoms with E-state index < -0.39 is 5.97 Å². The lowest BCUT2D eigenvalue weighted by molar-refractivity contribution is 0.0659. The summed E-state index contributed by atoms with van der Waals surface area (Å²) in [6.07, 6.45) is 0.826. The first-order valence-corrected chi connectivity index (χ1v) is 4.66.